The molecule has 1 N–H and O–H groups in total. The van der Waals surface area contributed by atoms with Gasteiger partial charge in [-0.25, -0.2) is 0 Å². The third-order valence-electron chi connectivity index (χ3n) is 5.44. The largest absolute Gasteiger partial charge is 0.351 e. The molecule has 1 aliphatic rings. The quantitative estimate of drug-likeness (QED) is 0.578. The lowest BCUT2D eigenvalue weighted by atomic mass is 10.0. The molecule has 1 aromatic heterocycles. The molecule has 1 aliphatic carbocycles. The molecule has 3 rings (SSSR count). The standard InChI is InChI=1S/C23H29ClN2O2S/c1-2-3-14-26(21(27)16-18-11-8-15-29-18)22(19-12-6-7-13-20(19)24)23(28)25-17-9-4-5-10-17/h6-8,11-13,15,17,22H,2-5,9-10,14,16H2,1H3,(H,25,28). The van der Waals surface area contributed by atoms with Crippen molar-refractivity contribution in [2.75, 3.05) is 6.54 Å². The maximum absolute atomic E-state index is 13.4. The number of thiophene rings is 1. The van der Waals surface area contributed by atoms with Crippen molar-refractivity contribution in [1.29, 1.82) is 0 Å². The fraction of sp³-hybridized carbons (Fsp3) is 0.478. The molecule has 1 saturated carbocycles. The van der Waals surface area contributed by atoms with E-state index in [0.717, 1.165) is 43.4 Å². The first-order chi connectivity index (χ1) is 14.1. The van der Waals surface area contributed by atoms with E-state index in [2.05, 4.69) is 12.2 Å². The summed E-state index contributed by atoms with van der Waals surface area (Å²) in [6.07, 6.45) is 6.37. The molecule has 1 heterocycles. The van der Waals surface area contributed by atoms with Gasteiger partial charge in [0.25, 0.3) is 0 Å². The molecule has 0 radical (unpaired) electrons. The van der Waals surface area contributed by atoms with Crippen molar-refractivity contribution in [3.05, 3.63) is 57.2 Å². The van der Waals surface area contributed by atoms with Crippen LogP contribution in [-0.4, -0.2) is 29.3 Å². The summed E-state index contributed by atoms with van der Waals surface area (Å²) in [4.78, 5) is 29.4. The van der Waals surface area contributed by atoms with Crippen LogP contribution in [0, 0.1) is 0 Å². The second kappa shape index (κ2) is 10.8. The number of amides is 2. The second-order valence-electron chi connectivity index (χ2n) is 7.61. The zero-order chi connectivity index (χ0) is 20.6. The number of halogens is 1. The minimum atomic E-state index is -0.705. The number of benzene rings is 1. The molecule has 2 aromatic rings. The van der Waals surface area contributed by atoms with Crippen LogP contribution in [0.4, 0.5) is 0 Å². The molecule has 156 valence electrons. The topological polar surface area (TPSA) is 49.4 Å². The lowest BCUT2D eigenvalue weighted by Crippen LogP contribution is -2.47. The van der Waals surface area contributed by atoms with Gasteiger partial charge in [0.15, 0.2) is 0 Å². The Labute approximate surface area is 182 Å². The van der Waals surface area contributed by atoms with E-state index in [9.17, 15) is 9.59 Å². The van der Waals surface area contributed by atoms with Crippen LogP contribution < -0.4 is 5.32 Å². The van der Waals surface area contributed by atoms with Gasteiger partial charge in [0.05, 0.1) is 6.42 Å². The Morgan fingerprint density at radius 2 is 1.97 bits per heavy atom. The Bertz CT molecular complexity index is 803. The minimum absolute atomic E-state index is 0.0348. The molecule has 0 spiro atoms. The Kier molecular flexibility index (Phi) is 8.13. The van der Waals surface area contributed by atoms with Crippen LogP contribution in [0.5, 0.6) is 0 Å². The zero-order valence-corrected chi connectivity index (χ0v) is 18.5. The van der Waals surface area contributed by atoms with E-state index in [1.807, 2.05) is 35.7 Å². The summed E-state index contributed by atoms with van der Waals surface area (Å²) < 4.78 is 0. The van der Waals surface area contributed by atoms with Crippen LogP contribution in [0.3, 0.4) is 0 Å². The number of nitrogens with one attached hydrogen (secondary N) is 1. The molecule has 1 unspecified atom stereocenters. The first-order valence-electron chi connectivity index (χ1n) is 10.5. The lowest BCUT2D eigenvalue weighted by Gasteiger charge is -2.32. The summed E-state index contributed by atoms with van der Waals surface area (Å²) in [7, 11) is 0. The van der Waals surface area contributed by atoms with Crippen LogP contribution in [0.2, 0.25) is 5.02 Å². The number of nitrogens with zero attached hydrogens (tertiary/aromatic N) is 1. The molecule has 0 saturated heterocycles. The molecule has 4 nitrogen and oxygen atoms in total. The van der Waals surface area contributed by atoms with Crippen LogP contribution in [0.15, 0.2) is 41.8 Å². The van der Waals surface area contributed by atoms with Gasteiger partial charge < -0.3 is 10.2 Å². The van der Waals surface area contributed by atoms with Crippen LogP contribution in [-0.2, 0) is 16.0 Å². The summed E-state index contributed by atoms with van der Waals surface area (Å²) in [5.41, 5.74) is 0.695. The number of carbonyl (C=O) groups excluding carboxylic acids is 2. The highest BCUT2D eigenvalue weighted by Crippen LogP contribution is 2.30. The molecule has 0 aliphatic heterocycles. The number of hydrogen-bond donors (Lipinski definition) is 1. The van der Waals surface area contributed by atoms with Crippen molar-refractivity contribution in [3.8, 4) is 0 Å². The predicted molar refractivity (Wildman–Crippen MR) is 119 cm³/mol. The highest BCUT2D eigenvalue weighted by Gasteiger charge is 2.34. The van der Waals surface area contributed by atoms with E-state index in [4.69, 9.17) is 11.6 Å². The average Bonchev–Trinajstić information content (AvgIpc) is 3.40. The van der Waals surface area contributed by atoms with Crippen LogP contribution in [0.25, 0.3) is 0 Å². The molecule has 0 bridgehead atoms. The molecule has 2 amide bonds. The van der Waals surface area contributed by atoms with E-state index in [1.54, 1.807) is 22.3 Å². The van der Waals surface area contributed by atoms with E-state index in [1.165, 1.54) is 0 Å². The minimum Gasteiger partial charge on any atom is -0.351 e. The first-order valence-corrected chi connectivity index (χ1v) is 11.7. The summed E-state index contributed by atoms with van der Waals surface area (Å²) in [5, 5.41) is 5.67. The van der Waals surface area contributed by atoms with Gasteiger partial charge in [-0.05, 0) is 36.8 Å². The summed E-state index contributed by atoms with van der Waals surface area (Å²) >= 11 is 8.05. The molecule has 1 atom stereocenters. The number of unbranched alkanes of at least 4 members (excludes halogenated alkanes) is 1. The van der Waals surface area contributed by atoms with Gasteiger partial charge in [0.2, 0.25) is 11.8 Å². The molecular weight excluding hydrogens is 404 g/mol. The molecule has 6 heteroatoms. The number of carbonyl (C=O) groups is 2. The number of rotatable bonds is 9. The number of hydrogen-bond acceptors (Lipinski definition) is 3. The summed E-state index contributed by atoms with van der Waals surface area (Å²) in [6, 6.07) is 10.8. The third-order valence-corrected chi connectivity index (χ3v) is 6.66. The monoisotopic (exact) mass is 432 g/mol. The van der Waals surface area contributed by atoms with Crippen molar-refractivity contribution in [1.82, 2.24) is 10.2 Å². The molecule has 1 aromatic carbocycles. The fourth-order valence-corrected chi connectivity index (χ4v) is 4.82. The van der Waals surface area contributed by atoms with Crippen molar-refractivity contribution >= 4 is 34.8 Å². The Hall–Kier alpha value is -1.85. The molecule has 1 fully saturated rings. The highest BCUT2D eigenvalue weighted by atomic mass is 35.5. The lowest BCUT2D eigenvalue weighted by molar-refractivity contribution is -0.140. The van der Waals surface area contributed by atoms with Crippen molar-refractivity contribution in [3.63, 3.8) is 0 Å². The van der Waals surface area contributed by atoms with E-state index in [0.29, 0.717) is 23.6 Å². The third kappa shape index (κ3) is 5.83. The van der Waals surface area contributed by atoms with E-state index >= 15 is 0 Å². The van der Waals surface area contributed by atoms with Gasteiger partial charge in [-0.1, -0.05) is 62.1 Å². The van der Waals surface area contributed by atoms with Gasteiger partial charge >= 0.3 is 0 Å². The van der Waals surface area contributed by atoms with Gasteiger partial charge in [-0.3, -0.25) is 9.59 Å². The van der Waals surface area contributed by atoms with Crippen molar-refractivity contribution in [2.24, 2.45) is 0 Å². The highest BCUT2D eigenvalue weighted by molar-refractivity contribution is 7.10. The Morgan fingerprint density at radius 3 is 2.62 bits per heavy atom. The van der Waals surface area contributed by atoms with Gasteiger partial charge in [-0.2, -0.15) is 0 Å². The van der Waals surface area contributed by atoms with Crippen LogP contribution in [0.1, 0.15) is 61.9 Å². The smallest absolute Gasteiger partial charge is 0.247 e. The first kappa shape index (κ1) is 21.8. The van der Waals surface area contributed by atoms with E-state index < -0.39 is 6.04 Å². The van der Waals surface area contributed by atoms with E-state index in [-0.39, 0.29) is 17.9 Å². The zero-order valence-electron chi connectivity index (χ0n) is 16.9. The summed E-state index contributed by atoms with van der Waals surface area (Å²) in [6.45, 7) is 2.62. The van der Waals surface area contributed by atoms with Gasteiger partial charge in [0, 0.05) is 28.0 Å². The second-order valence-corrected chi connectivity index (χ2v) is 9.05. The molecular formula is C23H29ClN2O2S. The maximum atomic E-state index is 13.4. The normalized spacial score (nSPS) is 15.2. The predicted octanol–water partition coefficient (Wildman–Crippen LogP) is 5.37. The Morgan fingerprint density at radius 1 is 1.21 bits per heavy atom. The van der Waals surface area contributed by atoms with Gasteiger partial charge in [0.1, 0.15) is 6.04 Å². The van der Waals surface area contributed by atoms with Crippen LogP contribution >= 0.6 is 22.9 Å². The van der Waals surface area contributed by atoms with Crippen molar-refractivity contribution < 1.29 is 9.59 Å². The SMILES string of the molecule is CCCCN(C(=O)Cc1cccs1)C(C(=O)NC1CCCC1)c1ccccc1Cl. The van der Waals surface area contributed by atoms with Gasteiger partial charge in [-0.15, -0.1) is 11.3 Å². The average molecular weight is 433 g/mol. The Balaban J connectivity index is 1.91. The molecule has 29 heavy (non-hydrogen) atoms. The van der Waals surface area contributed by atoms with Crippen molar-refractivity contribution in [2.45, 2.75) is 64.0 Å². The summed E-state index contributed by atoms with van der Waals surface area (Å²) in [5.74, 6) is -0.159. The maximum Gasteiger partial charge on any atom is 0.247 e. The fourth-order valence-electron chi connectivity index (χ4n) is 3.89.